The highest BCUT2D eigenvalue weighted by Crippen LogP contribution is 2.25. The Balaban J connectivity index is 1.67. The van der Waals surface area contributed by atoms with Crippen LogP contribution in [0.25, 0.3) is 5.69 Å². The Morgan fingerprint density at radius 2 is 1.84 bits per heavy atom. The van der Waals surface area contributed by atoms with Crippen LogP contribution in [0, 0.1) is 11.3 Å². The Hall–Kier alpha value is -3.70. The third kappa shape index (κ3) is 5.08. The predicted octanol–water partition coefficient (Wildman–Crippen LogP) is 3.28. The Bertz CT molecular complexity index is 1220. The van der Waals surface area contributed by atoms with Gasteiger partial charge >= 0.3 is 0 Å². The topological polar surface area (TPSA) is 105 Å². The number of hydrogen-bond donors (Lipinski definition) is 1. The third-order valence-electron chi connectivity index (χ3n) is 4.95. The fourth-order valence-corrected chi connectivity index (χ4v) is 3.89. The van der Waals surface area contributed by atoms with E-state index in [1.165, 1.54) is 12.1 Å². The Kier molecular flexibility index (Phi) is 6.37. The fraction of sp³-hybridized carbons (Fsp3) is 0.174. The molecule has 0 saturated carbocycles. The second-order valence-electron chi connectivity index (χ2n) is 7.43. The summed E-state index contributed by atoms with van der Waals surface area (Å²) < 4.78 is 26.0. The summed E-state index contributed by atoms with van der Waals surface area (Å²) in [5.74, 6) is -0.177. The number of carbonyl (C=O) groups is 1. The zero-order valence-corrected chi connectivity index (χ0v) is 18.0. The van der Waals surface area contributed by atoms with E-state index in [1.807, 2.05) is 36.5 Å². The molecule has 1 N–H and O–H groups in total. The van der Waals surface area contributed by atoms with Gasteiger partial charge in [-0.2, -0.15) is 10.4 Å². The number of carbonyl (C=O) groups excluding carboxylic acids is 1. The van der Waals surface area contributed by atoms with E-state index in [4.69, 9.17) is 5.26 Å². The van der Waals surface area contributed by atoms with Crippen LogP contribution in [0.3, 0.4) is 0 Å². The van der Waals surface area contributed by atoms with Crippen molar-refractivity contribution in [2.75, 3.05) is 0 Å². The van der Waals surface area contributed by atoms with E-state index in [0.29, 0.717) is 12.1 Å². The molecule has 158 valence electrons. The number of benzene rings is 2. The van der Waals surface area contributed by atoms with Gasteiger partial charge < -0.3 is 5.32 Å². The monoisotopic (exact) mass is 434 g/mol. The summed E-state index contributed by atoms with van der Waals surface area (Å²) in [6.45, 7) is 3.93. The van der Waals surface area contributed by atoms with Gasteiger partial charge in [0.2, 0.25) is 15.7 Å². The highest BCUT2D eigenvalue weighted by Gasteiger charge is 2.29. The maximum atomic E-state index is 12.8. The lowest BCUT2D eigenvalue weighted by molar-refractivity contribution is -0.125. The zero-order chi connectivity index (χ0) is 22.5. The second-order valence-corrected chi connectivity index (χ2v) is 9.26. The van der Waals surface area contributed by atoms with Crippen molar-refractivity contribution < 1.29 is 13.2 Å². The summed E-state index contributed by atoms with van der Waals surface area (Å²) >= 11 is 0. The van der Waals surface area contributed by atoms with Crippen molar-refractivity contribution in [2.45, 2.75) is 30.7 Å². The van der Waals surface area contributed by atoms with Gasteiger partial charge in [0.1, 0.15) is 0 Å². The fourth-order valence-electron chi connectivity index (χ4n) is 2.98. The molecule has 1 heterocycles. The van der Waals surface area contributed by atoms with Crippen LogP contribution in [-0.2, 0) is 26.6 Å². The summed E-state index contributed by atoms with van der Waals surface area (Å²) in [6.07, 6.45) is 4.49. The lowest BCUT2D eigenvalue weighted by atomic mass is 9.83. The molecule has 1 amide bonds. The summed E-state index contributed by atoms with van der Waals surface area (Å²) in [5.41, 5.74) is 1.70. The normalized spacial score (nSPS) is 11.9. The van der Waals surface area contributed by atoms with Gasteiger partial charge in [0.25, 0.3) is 0 Å². The average Bonchev–Trinajstić information content (AvgIpc) is 3.31. The average molecular weight is 435 g/mol. The summed E-state index contributed by atoms with van der Waals surface area (Å²) in [4.78, 5) is 12.9. The number of nitriles is 1. The first-order chi connectivity index (χ1) is 14.7. The standard InChI is InChI=1S/C23H22N4O3S/c1-23(2,19-7-11-21(12-8-19)31(29,30)16-3-13-24)22(28)25-17-18-5-9-20(10-6-18)27-15-4-14-26-27/h3-12,14-16H,17H2,1-2H3,(H,25,28). The van der Waals surface area contributed by atoms with Crippen LogP contribution in [0.15, 0.2) is 83.4 Å². The largest absolute Gasteiger partial charge is 0.351 e. The minimum Gasteiger partial charge on any atom is -0.351 e. The summed E-state index contributed by atoms with van der Waals surface area (Å²) in [7, 11) is -3.68. The molecule has 8 heteroatoms. The molecule has 3 rings (SSSR count). The van der Waals surface area contributed by atoms with E-state index >= 15 is 0 Å². The molecule has 0 saturated heterocycles. The van der Waals surface area contributed by atoms with Crippen molar-refractivity contribution in [3.05, 3.63) is 89.6 Å². The van der Waals surface area contributed by atoms with E-state index in [9.17, 15) is 13.2 Å². The number of rotatable bonds is 7. The van der Waals surface area contributed by atoms with Gasteiger partial charge in [-0.15, -0.1) is 0 Å². The van der Waals surface area contributed by atoms with E-state index in [2.05, 4.69) is 10.4 Å². The number of amides is 1. The molecule has 0 aliphatic carbocycles. The smallest absolute Gasteiger partial charge is 0.230 e. The third-order valence-corrected chi connectivity index (χ3v) is 6.38. The van der Waals surface area contributed by atoms with Crippen LogP contribution in [0.4, 0.5) is 0 Å². The Morgan fingerprint density at radius 3 is 2.42 bits per heavy atom. The lowest BCUT2D eigenvalue weighted by Gasteiger charge is -2.24. The van der Waals surface area contributed by atoms with Crippen molar-refractivity contribution in [3.63, 3.8) is 0 Å². The molecule has 0 radical (unpaired) electrons. The van der Waals surface area contributed by atoms with Crippen LogP contribution in [0.2, 0.25) is 0 Å². The molecule has 7 nitrogen and oxygen atoms in total. The van der Waals surface area contributed by atoms with Crippen LogP contribution >= 0.6 is 0 Å². The number of allylic oxidation sites excluding steroid dienone is 1. The molecule has 0 fully saturated rings. The number of nitrogens with zero attached hydrogens (tertiary/aromatic N) is 3. The van der Waals surface area contributed by atoms with Gasteiger partial charge in [-0.1, -0.05) is 24.3 Å². The SMILES string of the molecule is CC(C)(C(=O)NCc1ccc(-n2cccn2)cc1)c1ccc(S(=O)(=O)C=CC#N)cc1. The zero-order valence-electron chi connectivity index (χ0n) is 17.2. The molecular formula is C23H22N4O3S. The van der Waals surface area contributed by atoms with E-state index in [-0.39, 0.29) is 10.8 Å². The molecule has 0 spiro atoms. The number of aromatic nitrogens is 2. The van der Waals surface area contributed by atoms with Gasteiger partial charge in [-0.05, 0) is 55.3 Å². The molecule has 0 aliphatic heterocycles. The van der Waals surface area contributed by atoms with E-state index in [0.717, 1.165) is 22.7 Å². The predicted molar refractivity (Wildman–Crippen MR) is 117 cm³/mol. The van der Waals surface area contributed by atoms with Gasteiger partial charge in [0.15, 0.2) is 0 Å². The first-order valence-electron chi connectivity index (χ1n) is 9.53. The Labute approximate surface area is 181 Å². The molecule has 0 bridgehead atoms. The number of nitrogens with one attached hydrogen (secondary N) is 1. The minimum atomic E-state index is -3.68. The number of hydrogen-bond acceptors (Lipinski definition) is 5. The van der Waals surface area contributed by atoms with Gasteiger partial charge in [0, 0.05) is 30.4 Å². The molecule has 1 aromatic heterocycles. The van der Waals surface area contributed by atoms with Crippen molar-refractivity contribution in [1.82, 2.24) is 15.1 Å². The first kappa shape index (κ1) is 22.0. The first-order valence-corrected chi connectivity index (χ1v) is 11.1. The van der Waals surface area contributed by atoms with Gasteiger partial charge in [-0.3, -0.25) is 4.79 Å². The quantitative estimate of drug-likeness (QED) is 0.575. The van der Waals surface area contributed by atoms with E-state index < -0.39 is 15.3 Å². The maximum absolute atomic E-state index is 12.8. The van der Waals surface area contributed by atoms with Gasteiger partial charge in [0.05, 0.1) is 22.1 Å². The molecule has 2 aromatic carbocycles. The van der Waals surface area contributed by atoms with Crippen LogP contribution in [0.5, 0.6) is 0 Å². The van der Waals surface area contributed by atoms with Crippen molar-refractivity contribution in [3.8, 4) is 11.8 Å². The van der Waals surface area contributed by atoms with Crippen molar-refractivity contribution >= 4 is 15.7 Å². The van der Waals surface area contributed by atoms with Crippen LogP contribution < -0.4 is 5.32 Å². The highest BCUT2D eigenvalue weighted by molar-refractivity contribution is 7.94. The molecular weight excluding hydrogens is 412 g/mol. The van der Waals surface area contributed by atoms with Gasteiger partial charge in [-0.25, -0.2) is 13.1 Å². The van der Waals surface area contributed by atoms with Crippen LogP contribution in [-0.4, -0.2) is 24.1 Å². The highest BCUT2D eigenvalue weighted by atomic mass is 32.2. The summed E-state index contributed by atoms with van der Waals surface area (Å²) in [6, 6.07) is 17.3. The molecule has 31 heavy (non-hydrogen) atoms. The van der Waals surface area contributed by atoms with Crippen molar-refractivity contribution in [2.24, 2.45) is 0 Å². The van der Waals surface area contributed by atoms with Crippen LogP contribution in [0.1, 0.15) is 25.0 Å². The molecule has 0 atom stereocenters. The molecule has 0 unspecified atom stereocenters. The Morgan fingerprint density at radius 1 is 1.16 bits per heavy atom. The minimum absolute atomic E-state index is 0.0660. The summed E-state index contributed by atoms with van der Waals surface area (Å²) in [5, 5.41) is 16.5. The second kappa shape index (κ2) is 8.98. The molecule has 3 aromatic rings. The number of sulfone groups is 1. The van der Waals surface area contributed by atoms with E-state index in [1.54, 1.807) is 42.9 Å². The molecule has 0 aliphatic rings. The lowest BCUT2D eigenvalue weighted by Crippen LogP contribution is -2.39. The van der Waals surface area contributed by atoms with Crippen molar-refractivity contribution in [1.29, 1.82) is 5.26 Å². The maximum Gasteiger partial charge on any atom is 0.230 e.